The molecule has 0 N–H and O–H groups in total. The topological polar surface area (TPSA) is 76.6 Å². The fraction of sp³-hybridized carbons (Fsp3) is 0.143. The van der Waals surface area contributed by atoms with Crippen LogP contribution in [0.2, 0.25) is 0 Å². The highest BCUT2D eigenvalue weighted by molar-refractivity contribution is 7.89. The van der Waals surface area contributed by atoms with Crippen LogP contribution in [0.4, 0.5) is 0 Å². The maximum absolute atomic E-state index is 12.2. The van der Waals surface area contributed by atoms with E-state index in [1.54, 1.807) is 18.2 Å². The van der Waals surface area contributed by atoms with Crippen molar-refractivity contribution in [2.24, 2.45) is 0 Å². The maximum Gasteiger partial charge on any atom is 0.331 e. The monoisotopic (exact) mass is 396 g/mol. The number of aromatic nitrogens is 1. The van der Waals surface area contributed by atoms with Gasteiger partial charge < -0.3 is 4.74 Å². The van der Waals surface area contributed by atoms with Crippen molar-refractivity contribution < 1.29 is 17.9 Å². The first-order valence-electron chi connectivity index (χ1n) is 8.58. The normalized spacial score (nSPS) is 12.0. The van der Waals surface area contributed by atoms with E-state index in [-0.39, 0.29) is 11.5 Å². The lowest BCUT2D eigenvalue weighted by Gasteiger charge is -2.12. The summed E-state index contributed by atoms with van der Waals surface area (Å²) in [6.45, 7) is -0.0227. The van der Waals surface area contributed by atoms with Crippen LogP contribution in [0.1, 0.15) is 11.3 Å². The number of nitrogens with zero attached hydrogens (tertiary/aromatic N) is 2. The number of hydrogen-bond donors (Lipinski definition) is 0. The second-order valence-corrected chi connectivity index (χ2v) is 8.46. The van der Waals surface area contributed by atoms with Crippen molar-refractivity contribution in [3.05, 3.63) is 78.0 Å². The third-order valence-corrected chi connectivity index (χ3v) is 5.88. The van der Waals surface area contributed by atoms with Crippen LogP contribution < -0.4 is 0 Å². The summed E-state index contributed by atoms with van der Waals surface area (Å²) in [5, 5.41) is 1.02. The van der Waals surface area contributed by atoms with Crippen molar-refractivity contribution in [2.45, 2.75) is 11.5 Å². The molecule has 1 heterocycles. The van der Waals surface area contributed by atoms with Crippen LogP contribution >= 0.6 is 0 Å². The van der Waals surface area contributed by atoms with Gasteiger partial charge in [0, 0.05) is 25.6 Å². The Morgan fingerprint density at radius 2 is 1.86 bits per heavy atom. The second kappa shape index (κ2) is 8.33. The lowest BCUT2D eigenvalue weighted by atomic mass is 10.2. The van der Waals surface area contributed by atoms with E-state index in [0.717, 1.165) is 15.2 Å². The quantitative estimate of drug-likeness (QED) is 0.472. The number of fused-ring (bicyclic) bond motifs is 1. The van der Waals surface area contributed by atoms with Crippen molar-refractivity contribution >= 4 is 33.0 Å². The molecule has 3 rings (SSSR count). The predicted octanol–water partition coefficient (Wildman–Crippen LogP) is 3.24. The van der Waals surface area contributed by atoms with Gasteiger partial charge >= 0.3 is 5.97 Å². The Kier molecular flexibility index (Phi) is 5.87. The minimum atomic E-state index is -3.53. The molecule has 0 atom stereocenters. The van der Waals surface area contributed by atoms with Crippen LogP contribution in [0, 0.1) is 0 Å². The molecule has 0 aliphatic carbocycles. The highest BCUT2D eigenvalue weighted by atomic mass is 32.2. The fourth-order valence-electron chi connectivity index (χ4n) is 2.54. The smallest absolute Gasteiger partial charge is 0.331 e. The van der Waals surface area contributed by atoms with Crippen LogP contribution in [0.5, 0.6) is 0 Å². The summed E-state index contributed by atoms with van der Waals surface area (Å²) in [5.41, 5.74) is 2.08. The zero-order valence-electron chi connectivity index (χ0n) is 15.6. The molecule has 0 saturated carbocycles. The van der Waals surface area contributed by atoms with Gasteiger partial charge in [-0.2, -0.15) is 0 Å². The van der Waals surface area contributed by atoms with E-state index in [1.165, 1.54) is 32.3 Å². The van der Waals surface area contributed by atoms with Gasteiger partial charge in [-0.05, 0) is 35.9 Å². The SMILES string of the molecule is CN(C)S(=O)(=O)c1cccc(COC(=O)C=Cc2ccc3ccccc3n2)c1. The van der Waals surface area contributed by atoms with Gasteiger partial charge in [-0.1, -0.05) is 36.4 Å². The predicted molar refractivity (Wildman–Crippen MR) is 108 cm³/mol. The molecule has 0 saturated heterocycles. The van der Waals surface area contributed by atoms with Crippen LogP contribution in [0.25, 0.3) is 17.0 Å². The van der Waals surface area contributed by atoms with E-state index >= 15 is 0 Å². The van der Waals surface area contributed by atoms with Gasteiger partial charge in [0.15, 0.2) is 0 Å². The number of para-hydroxylation sites is 1. The number of sulfonamides is 1. The number of pyridine rings is 1. The van der Waals surface area contributed by atoms with Crippen LogP contribution in [0.15, 0.2) is 71.6 Å². The molecule has 28 heavy (non-hydrogen) atoms. The van der Waals surface area contributed by atoms with Gasteiger partial charge in [-0.3, -0.25) is 0 Å². The maximum atomic E-state index is 12.2. The number of esters is 1. The Labute approximate surface area is 164 Å². The minimum absolute atomic E-state index is 0.0227. The van der Waals surface area contributed by atoms with Crippen molar-refractivity contribution in [2.75, 3.05) is 14.1 Å². The molecule has 2 aromatic carbocycles. The first-order chi connectivity index (χ1) is 13.4. The molecule has 0 spiro atoms. The van der Waals surface area contributed by atoms with E-state index in [1.807, 2.05) is 36.4 Å². The third-order valence-electron chi connectivity index (χ3n) is 4.07. The molecule has 0 unspecified atom stereocenters. The van der Waals surface area contributed by atoms with Crippen LogP contribution in [-0.4, -0.2) is 37.8 Å². The number of ether oxygens (including phenoxy) is 1. The molecule has 144 valence electrons. The molecular weight excluding hydrogens is 376 g/mol. The van der Waals surface area contributed by atoms with Gasteiger partial charge in [0.25, 0.3) is 0 Å². The van der Waals surface area contributed by atoms with Gasteiger partial charge in [-0.15, -0.1) is 0 Å². The van der Waals surface area contributed by atoms with Crippen LogP contribution in [0.3, 0.4) is 0 Å². The average Bonchev–Trinajstić information content (AvgIpc) is 2.70. The second-order valence-electron chi connectivity index (χ2n) is 6.30. The summed E-state index contributed by atoms with van der Waals surface area (Å²) in [4.78, 5) is 16.6. The zero-order valence-corrected chi connectivity index (χ0v) is 16.4. The number of benzene rings is 2. The number of carbonyl (C=O) groups excluding carboxylic acids is 1. The molecule has 1 aromatic heterocycles. The standard InChI is InChI=1S/C21H20N2O4S/c1-23(2)28(25,26)19-8-5-6-16(14-19)15-27-21(24)13-12-18-11-10-17-7-3-4-9-20(17)22-18/h3-14H,15H2,1-2H3. The van der Waals surface area contributed by atoms with Gasteiger partial charge in [0.2, 0.25) is 10.0 Å². The van der Waals surface area contributed by atoms with Gasteiger partial charge in [0.1, 0.15) is 6.61 Å². The van der Waals surface area contributed by atoms with Crippen molar-refractivity contribution in [1.82, 2.24) is 9.29 Å². The Morgan fingerprint density at radius 1 is 1.07 bits per heavy atom. The molecule has 0 amide bonds. The number of carbonyl (C=O) groups is 1. The zero-order chi connectivity index (χ0) is 20.1. The third kappa shape index (κ3) is 4.62. The highest BCUT2D eigenvalue weighted by Gasteiger charge is 2.17. The van der Waals surface area contributed by atoms with Crippen molar-refractivity contribution in [3.63, 3.8) is 0 Å². The average molecular weight is 396 g/mol. The van der Waals surface area contributed by atoms with Crippen LogP contribution in [-0.2, 0) is 26.2 Å². The summed E-state index contributed by atoms with van der Waals surface area (Å²) in [5.74, 6) is -0.532. The summed E-state index contributed by atoms with van der Waals surface area (Å²) in [6.07, 6.45) is 2.89. The molecule has 0 fully saturated rings. The van der Waals surface area contributed by atoms with Crippen molar-refractivity contribution in [1.29, 1.82) is 0 Å². The molecule has 0 bridgehead atoms. The lowest BCUT2D eigenvalue weighted by Crippen LogP contribution is -2.22. The molecule has 0 aliphatic heterocycles. The minimum Gasteiger partial charge on any atom is -0.458 e. The summed E-state index contributed by atoms with van der Waals surface area (Å²) in [6, 6.07) is 17.8. The van der Waals surface area contributed by atoms with E-state index in [0.29, 0.717) is 11.3 Å². The molecular formula is C21H20N2O4S. The summed E-state index contributed by atoms with van der Waals surface area (Å²) < 4.78 is 30.7. The molecule has 0 aliphatic rings. The first kappa shape index (κ1) is 19.7. The van der Waals surface area contributed by atoms with Crippen molar-refractivity contribution in [3.8, 4) is 0 Å². The van der Waals surface area contributed by atoms with Gasteiger partial charge in [0.05, 0.1) is 16.1 Å². The highest BCUT2D eigenvalue weighted by Crippen LogP contribution is 2.16. The Hall–Kier alpha value is -3.03. The number of hydrogen-bond acceptors (Lipinski definition) is 5. The van der Waals surface area contributed by atoms with E-state index in [9.17, 15) is 13.2 Å². The first-order valence-corrected chi connectivity index (χ1v) is 10.0. The summed E-state index contributed by atoms with van der Waals surface area (Å²) >= 11 is 0. The molecule has 6 nitrogen and oxygen atoms in total. The van der Waals surface area contributed by atoms with Gasteiger partial charge in [-0.25, -0.2) is 22.5 Å². The number of rotatable bonds is 6. The van der Waals surface area contributed by atoms with E-state index in [2.05, 4.69) is 4.98 Å². The molecule has 7 heteroatoms. The Balaban J connectivity index is 1.64. The molecule has 0 radical (unpaired) electrons. The fourth-order valence-corrected chi connectivity index (χ4v) is 3.51. The Morgan fingerprint density at radius 3 is 2.64 bits per heavy atom. The largest absolute Gasteiger partial charge is 0.458 e. The molecule has 3 aromatic rings. The van der Waals surface area contributed by atoms with E-state index in [4.69, 9.17) is 4.74 Å². The lowest BCUT2D eigenvalue weighted by molar-refractivity contribution is -0.138. The summed E-state index contributed by atoms with van der Waals surface area (Å²) in [7, 11) is -0.600. The van der Waals surface area contributed by atoms with E-state index < -0.39 is 16.0 Å². The Bertz CT molecular complexity index is 1140.